The molecule has 7 heteroatoms. The van der Waals surface area contributed by atoms with E-state index in [2.05, 4.69) is 5.32 Å². The number of piperidine rings is 1. The summed E-state index contributed by atoms with van der Waals surface area (Å²) in [5, 5.41) is 19.0. The van der Waals surface area contributed by atoms with Gasteiger partial charge in [0.25, 0.3) is 11.5 Å². The van der Waals surface area contributed by atoms with Gasteiger partial charge in [0.05, 0.1) is 17.7 Å². The van der Waals surface area contributed by atoms with Crippen LogP contribution >= 0.6 is 11.3 Å². The van der Waals surface area contributed by atoms with Crippen molar-refractivity contribution < 1.29 is 9.90 Å². The van der Waals surface area contributed by atoms with Crippen LogP contribution in [0.5, 0.6) is 0 Å². The van der Waals surface area contributed by atoms with E-state index >= 15 is 0 Å². The average molecular weight is 416 g/mol. The van der Waals surface area contributed by atoms with Crippen LogP contribution in [0.2, 0.25) is 0 Å². The molecule has 1 aliphatic carbocycles. The standard InChI is InChI=1S/C22H29N3O3S/c1-24(2)20(27)18-12-25(19(26)11-17(18)16-5-10-29-13-16)15-22(28)8-9-23-14-21(22)6-3-4-7-21/h5,10-13,23,28H,3-4,6-9,14-15H2,1-2H3. The number of amides is 1. The van der Waals surface area contributed by atoms with Crippen LogP contribution in [0.3, 0.4) is 0 Å². The molecule has 4 rings (SSSR count). The lowest BCUT2D eigenvalue weighted by atomic mass is 9.66. The predicted octanol–water partition coefficient (Wildman–Crippen LogP) is 2.56. The summed E-state index contributed by atoms with van der Waals surface area (Å²) in [5.74, 6) is -0.146. The minimum absolute atomic E-state index is 0.146. The molecular weight excluding hydrogens is 386 g/mol. The molecule has 1 saturated heterocycles. The number of thiophene rings is 1. The molecule has 29 heavy (non-hydrogen) atoms. The molecule has 1 saturated carbocycles. The van der Waals surface area contributed by atoms with Gasteiger partial charge < -0.3 is 19.9 Å². The molecule has 3 heterocycles. The second kappa shape index (κ2) is 7.70. The van der Waals surface area contributed by atoms with Crippen molar-refractivity contribution in [1.29, 1.82) is 0 Å². The first-order valence-corrected chi connectivity index (χ1v) is 11.2. The molecule has 1 atom stereocenters. The van der Waals surface area contributed by atoms with Crippen LogP contribution in [-0.4, -0.2) is 53.3 Å². The van der Waals surface area contributed by atoms with Gasteiger partial charge in [-0.15, -0.1) is 0 Å². The van der Waals surface area contributed by atoms with E-state index in [4.69, 9.17) is 0 Å². The summed E-state index contributed by atoms with van der Waals surface area (Å²) in [4.78, 5) is 27.4. The number of aromatic nitrogens is 1. The summed E-state index contributed by atoms with van der Waals surface area (Å²) in [6.07, 6.45) is 6.44. The van der Waals surface area contributed by atoms with E-state index in [-0.39, 0.29) is 23.4 Å². The van der Waals surface area contributed by atoms with E-state index in [0.29, 0.717) is 17.5 Å². The molecule has 156 valence electrons. The number of nitrogens with zero attached hydrogens (tertiary/aromatic N) is 2. The van der Waals surface area contributed by atoms with Crippen LogP contribution in [0.15, 0.2) is 33.9 Å². The highest BCUT2D eigenvalue weighted by Gasteiger charge is 2.53. The summed E-state index contributed by atoms with van der Waals surface area (Å²) >= 11 is 1.53. The topological polar surface area (TPSA) is 74.6 Å². The molecule has 2 aromatic heterocycles. The molecule has 1 spiro atoms. The first-order valence-electron chi connectivity index (χ1n) is 10.3. The Labute approximate surface area is 175 Å². The number of pyridine rings is 1. The molecule has 0 radical (unpaired) electrons. The Balaban J connectivity index is 1.77. The van der Waals surface area contributed by atoms with Gasteiger partial charge in [-0.1, -0.05) is 12.8 Å². The Kier molecular flexibility index (Phi) is 5.40. The predicted molar refractivity (Wildman–Crippen MR) is 115 cm³/mol. The third kappa shape index (κ3) is 3.56. The highest BCUT2D eigenvalue weighted by atomic mass is 32.1. The normalized spacial score (nSPS) is 23.4. The minimum atomic E-state index is -0.944. The Morgan fingerprint density at radius 2 is 2.07 bits per heavy atom. The number of carbonyl (C=O) groups excluding carboxylic acids is 1. The lowest BCUT2D eigenvalue weighted by Crippen LogP contribution is -2.60. The van der Waals surface area contributed by atoms with Gasteiger partial charge in [0, 0.05) is 43.9 Å². The van der Waals surface area contributed by atoms with Crippen molar-refractivity contribution in [2.45, 2.75) is 44.2 Å². The van der Waals surface area contributed by atoms with Crippen LogP contribution in [0.25, 0.3) is 11.1 Å². The Bertz CT molecular complexity index is 945. The van der Waals surface area contributed by atoms with E-state index in [1.54, 1.807) is 30.9 Å². The van der Waals surface area contributed by atoms with E-state index in [0.717, 1.165) is 44.3 Å². The van der Waals surface area contributed by atoms with Crippen LogP contribution in [-0.2, 0) is 6.54 Å². The molecule has 1 amide bonds. The highest BCUT2D eigenvalue weighted by molar-refractivity contribution is 7.08. The van der Waals surface area contributed by atoms with Gasteiger partial charge >= 0.3 is 0 Å². The van der Waals surface area contributed by atoms with Crippen molar-refractivity contribution in [3.8, 4) is 11.1 Å². The fraction of sp³-hybridized carbons (Fsp3) is 0.545. The number of hydrogen-bond acceptors (Lipinski definition) is 5. The fourth-order valence-electron chi connectivity index (χ4n) is 5.04. The van der Waals surface area contributed by atoms with Crippen LogP contribution in [0.4, 0.5) is 0 Å². The molecule has 0 bridgehead atoms. The van der Waals surface area contributed by atoms with Crippen LogP contribution < -0.4 is 10.9 Å². The third-order valence-electron chi connectivity index (χ3n) is 6.75. The summed E-state index contributed by atoms with van der Waals surface area (Å²) in [6.45, 7) is 1.75. The zero-order valence-corrected chi connectivity index (χ0v) is 17.9. The number of rotatable bonds is 4. The summed E-state index contributed by atoms with van der Waals surface area (Å²) in [6, 6.07) is 3.47. The Morgan fingerprint density at radius 1 is 1.31 bits per heavy atom. The molecule has 2 aliphatic rings. The smallest absolute Gasteiger partial charge is 0.255 e. The maximum absolute atomic E-state index is 13.0. The van der Waals surface area contributed by atoms with Crippen molar-refractivity contribution >= 4 is 17.2 Å². The number of carbonyl (C=O) groups is 1. The lowest BCUT2D eigenvalue weighted by Gasteiger charge is -2.49. The van der Waals surface area contributed by atoms with Crippen molar-refractivity contribution in [3.05, 3.63) is 45.0 Å². The SMILES string of the molecule is CN(C)C(=O)c1cn(CC2(O)CCNCC23CCCC3)c(=O)cc1-c1ccsc1. The van der Waals surface area contributed by atoms with Crippen molar-refractivity contribution in [2.75, 3.05) is 27.2 Å². The maximum atomic E-state index is 13.0. The molecule has 6 nitrogen and oxygen atoms in total. The quantitative estimate of drug-likeness (QED) is 0.805. The van der Waals surface area contributed by atoms with E-state index in [1.165, 1.54) is 16.2 Å². The molecular formula is C22H29N3O3S. The second-order valence-electron chi connectivity index (χ2n) is 8.72. The molecule has 2 N–H and O–H groups in total. The largest absolute Gasteiger partial charge is 0.387 e. The third-order valence-corrected chi connectivity index (χ3v) is 7.44. The van der Waals surface area contributed by atoms with E-state index in [9.17, 15) is 14.7 Å². The molecule has 1 unspecified atom stereocenters. The zero-order chi connectivity index (χ0) is 20.6. The molecule has 1 aliphatic heterocycles. The van der Waals surface area contributed by atoms with Crippen LogP contribution in [0, 0.1) is 5.41 Å². The van der Waals surface area contributed by atoms with Gasteiger partial charge in [-0.05, 0) is 48.2 Å². The maximum Gasteiger partial charge on any atom is 0.255 e. The average Bonchev–Trinajstić information content (AvgIpc) is 3.38. The van der Waals surface area contributed by atoms with Gasteiger partial charge in [0.1, 0.15) is 0 Å². The van der Waals surface area contributed by atoms with Gasteiger partial charge in [-0.25, -0.2) is 0 Å². The first-order chi connectivity index (χ1) is 13.9. The van der Waals surface area contributed by atoms with Crippen molar-refractivity contribution in [1.82, 2.24) is 14.8 Å². The van der Waals surface area contributed by atoms with E-state index in [1.807, 2.05) is 16.8 Å². The summed E-state index contributed by atoms with van der Waals surface area (Å²) < 4.78 is 1.55. The van der Waals surface area contributed by atoms with Crippen molar-refractivity contribution in [2.24, 2.45) is 5.41 Å². The summed E-state index contributed by atoms with van der Waals surface area (Å²) in [5.41, 5.74) is 0.701. The first kappa shape index (κ1) is 20.3. The Hall–Kier alpha value is -1.96. The van der Waals surface area contributed by atoms with Gasteiger partial charge in [-0.2, -0.15) is 11.3 Å². The highest BCUT2D eigenvalue weighted by Crippen LogP contribution is 2.49. The second-order valence-corrected chi connectivity index (χ2v) is 9.50. The monoisotopic (exact) mass is 415 g/mol. The van der Waals surface area contributed by atoms with E-state index < -0.39 is 5.60 Å². The molecule has 2 aromatic rings. The van der Waals surface area contributed by atoms with Gasteiger partial charge in [0.15, 0.2) is 0 Å². The Morgan fingerprint density at radius 3 is 2.72 bits per heavy atom. The number of aliphatic hydroxyl groups is 1. The number of hydrogen-bond donors (Lipinski definition) is 2. The van der Waals surface area contributed by atoms with Crippen LogP contribution in [0.1, 0.15) is 42.5 Å². The zero-order valence-electron chi connectivity index (χ0n) is 17.1. The van der Waals surface area contributed by atoms with Gasteiger partial charge in [0.2, 0.25) is 0 Å². The molecule has 2 fully saturated rings. The molecule has 0 aromatic carbocycles. The van der Waals surface area contributed by atoms with Gasteiger partial charge in [-0.3, -0.25) is 9.59 Å². The fourth-order valence-corrected chi connectivity index (χ4v) is 5.70. The lowest BCUT2D eigenvalue weighted by molar-refractivity contribution is -0.115. The van der Waals surface area contributed by atoms with Crippen molar-refractivity contribution in [3.63, 3.8) is 0 Å². The summed E-state index contributed by atoms with van der Waals surface area (Å²) in [7, 11) is 3.42. The minimum Gasteiger partial charge on any atom is -0.387 e. The number of nitrogens with one attached hydrogen (secondary N) is 1.